The number of nitrogens with two attached hydrogens (primary N) is 1. The van der Waals surface area contributed by atoms with E-state index in [0.29, 0.717) is 44.0 Å². The Labute approximate surface area is 223 Å². The van der Waals surface area contributed by atoms with Crippen molar-refractivity contribution in [1.82, 2.24) is 14.3 Å². The van der Waals surface area contributed by atoms with E-state index in [4.69, 9.17) is 39.1 Å². The number of nitrogens with zero attached hydrogens (tertiary/aromatic N) is 4. The minimum Gasteiger partial charge on any atom is -0.486 e. The zero-order valence-corrected chi connectivity index (χ0v) is 22.1. The lowest BCUT2D eigenvalue weighted by Gasteiger charge is -2.59. The standard InChI is InChI=1S/C25H25Cl2FN6OS/c1-14(22-18(26)8-31-9-19(22)27)35-16-3-4-21(29)17(6-16)23(30)15-5-20(28)24(32-7-15)33-10-25(11-33)12-34(13-25)36-2/h3-9,14,30H,10-13,29H2,1-2H3/t14-/m1/s1. The van der Waals surface area contributed by atoms with Crippen LogP contribution >= 0.6 is 35.1 Å². The van der Waals surface area contributed by atoms with Crippen molar-refractivity contribution in [3.05, 3.63) is 75.4 Å². The van der Waals surface area contributed by atoms with E-state index in [1.807, 2.05) is 11.8 Å². The summed E-state index contributed by atoms with van der Waals surface area (Å²) in [6.07, 6.45) is 6.12. The van der Waals surface area contributed by atoms with E-state index in [1.165, 1.54) is 24.7 Å². The highest BCUT2D eigenvalue weighted by atomic mass is 35.5. The van der Waals surface area contributed by atoms with E-state index in [-0.39, 0.29) is 11.1 Å². The van der Waals surface area contributed by atoms with Gasteiger partial charge in [-0.05, 0) is 37.4 Å². The fraction of sp³-hybridized carbons (Fsp3) is 0.320. The van der Waals surface area contributed by atoms with Crippen LogP contribution in [0.5, 0.6) is 5.75 Å². The number of nitrogen functional groups attached to an aromatic ring is 1. The van der Waals surface area contributed by atoms with Crippen molar-refractivity contribution in [2.45, 2.75) is 13.0 Å². The molecule has 0 unspecified atom stereocenters. The summed E-state index contributed by atoms with van der Waals surface area (Å²) in [6.45, 7) is 5.44. The van der Waals surface area contributed by atoms with Crippen molar-refractivity contribution in [2.24, 2.45) is 5.41 Å². The van der Waals surface area contributed by atoms with Gasteiger partial charge in [0, 0.05) is 72.6 Å². The molecule has 3 N–H and O–H groups in total. The Kier molecular flexibility index (Phi) is 6.76. The lowest BCUT2D eigenvalue weighted by atomic mass is 9.74. The third-order valence-corrected chi connectivity index (χ3v) is 8.03. The minimum absolute atomic E-state index is 0.0539. The number of benzene rings is 1. The highest BCUT2D eigenvalue weighted by Gasteiger charge is 2.52. The van der Waals surface area contributed by atoms with E-state index in [9.17, 15) is 0 Å². The molecule has 0 aliphatic carbocycles. The summed E-state index contributed by atoms with van der Waals surface area (Å²) >= 11 is 14.2. The lowest BCUT2D eigenvalue weighted by molar-refractivity contribution is 0.0469. The lowest BCUT2D eigenvalue weighted by Crippen LogP contribution is -2.71. The molecule has 5 rings (SSSR count). The third-order valence-electron chi connectivity index (χ3n) is 6.65. The number of ether oxygens (including phenoxy) is 1. The minimum atomic E-state index is -0.476. The van der Waals surface area contributed by atoms with Gasteiger partial charge in [-0.25, -0.2) is 13.7 Å². The van der Waals surface area contributed by atoms with Gasteiger partial charge in [-0.15, -0.1) is 0 Å². The van der Waals surface area contributed by atoms with Crippen LogP contribution in [0.3, 0.4) is 0 Å². The molecule has 0 bridgehead atoms. The largest absolute Gasteiger partial charge is 0.486 e. The number of aromatic nitrogens is 2. The van der Waals surface area contributed by atoms with Gasteiger partial charge in [0.25, 0.3) is 0 Å². The van der Waals surface area contributed by atoms with Crippen molar-refractivity contribution < 1.29 is 9.13 Å². The SMILES string of the molecule is CSN1CC2(C1)CN(c1ncc(C(=N)c3cc(O[C@H](C)c4c(Cl)cncc4Cl)ccc3N)cc1F)C2. The molecule has 2 fully saturated rings. The summed E-state index contributed by atoms with van der Waals surface area (Å²) in [6, 6.07) is 6.34. The molecule has 2 aliphatic rings. The fourth-order valence-electron chi connectivity index (χ4n) is 4.80. The van der Waals surface area contributed by atoms with Crippen LogP contribution in [0.4, 0.5) is 15.9 Å². The van der Waals surface area contributed by atoms with Gasteiger partial charge in [0.1, 0.15) is 11.9 Å². The number of anilines is 2. The number of halogens is 3. The van der Waals surface area contributed by atoms with Gasteiger partial charge in [-0.2, -0.15) is 0 Å². The van der Waals surface area contributed by atoms with E-state index >= 15 is 4.39 Å². The van der Waals surface area contributed by atoms with E-state index in [1.54, 1.807) is 30.1 Å². The summed E-state index contributed by atoms with van der Waals surface area (Å²) in [4.78, 5) is 10.3. The monoisotopic (exact) mass is 546 g/mol. The maximum absolute atomic E-state index is 15.0. The molecule has 1 aromatic carbocycles. The first kappa shape index (κ1) is 25.1. The van der Waals surface area contributed by atoms with E-state index in [0.717, 1.165) is 26.2 Å². The molecule has 3 aromatic rings. The van der Waals surface area contributed by atoms with Crippen molar-refractivity contribution >= 4 is 52.4 Å². The number of pyridine rings is 2. The molecule has 1 spiro atoms. The van der Waals surface area contributed by atoms with Crippen LogP contribution in [0.15, 0.2) is 42.9 Å². The Balaban J connectivity index is 1.31. The van der Waals surface area contributed by atoms with Crippen LogP contribution in [0, 0.1) is 16.6 Å². The predicted molar refractivity (Wildman–Crippen MR) is 144 cm³/mol. The maximum Gasteiger partial charge on any atom is 0.166 e. The Bertz CT molecular complexity index is 1310. The predicted octanol–water partition coefficient (Wildman–Crippen LogP) is 5.46. The number of rotatable bonds is 7. The fourth-order valence-corrected chi connectivity index (χ4v) is 6.28. The molecule has 2 saturated heterocycles. The molecule has 0 saturated carbocycles. The first-order valence-electron chi connectivity index (χ1n) is 11.3. The zero-order valence-electron chi connectivity index (χ0n) is 19.8. The summed E-state index contributed by atoms with van der Waals surface area (Å²) in [5.74, 6) is 0.343. The van der Waals surface area contributed by atoms with Gasteiger partial charge < -0.3 is 15.4 Å². The molecule has 1 atom stereocenters. The highest BCUT2D eigenvalue weighted by molar-refractivity contribution is 7.96. The van der Waals surface area contributed by atoms with Crippen molar-refractivity contribution in [3.8, 4) is 5.75 Å². The summed E-state index contributed by atoms with van der Waals surface area (Å²) in [5.41, 5.74) is 8.20. The third kappa shape index (κ3) is 4.61. The molecule has 0 amide bonds. The molecule has 2 aromatic heterocycles. The molecule has 36 heavy (non-hydrogen) atoms. The molecular formula is C25H25Cl2FN6OS. The van der Waals surface area contributed by atoms with Crippen LogP contribution < -0.4 is 15.4 Å². The maximum atomic E-state index is 15.0. The topological polar surface area (TPSA) is 91.4 Å². The molecule has 2 aliphatic heterocycles. The average Bonchev–Trinajstić information content (AvgIpc) is 2.79. The second-order valence-corrected chi connectivity index (χ2v) is 11.0. The Morgan fingerprint density at radius 3 is 2.50 bits per heavy atom. The molecule has 7 nitrogen and oxygen atoms in total. The first-order valence-corrected chi connectivity index (χ1v) is 13.3. The summed E-state index contributed by atoms with van der Waals surface area (Å²) < 4.78 is 23.4. The zero-order chi connectivity index (χ0) is 25.6. The second kappa shape index (κ2) is 9.70. The van der Waals surface area contributed by atoms with Gasteiger partial charge in [0.05, 0.1) is 15.8 Å². The number of hydrogen-bond acceptors (Lipinski definition) is 8. The average molecular weight is 547 g/mol. The second-order valence-electron chi connectivity index (χ2n) is 9.27. The van der Waals surface area contributed by atoms with Gasteiger partial charge >= 0.3 is 0 Å². The number of nitrogens with one attached hydrogen (secondary N) is 1. The Morgan fingerprint density at radius 2 is 1.86 bits per heavy atom. The Hall–Kier alpha value is -2.59. The van der Waals surface area contributed by atoms with Gasteiger partial charge in [0.2, 0.25) is 0 Å². The summed E-state index contributed by atoms with van der Waals surface area (Å²) in [7, 11) is 0. The smallest absolute Gasteiger partial charge is 0.166 e. The molecular weight excluding hydrogens is 522 g/mol. The first-order chi connectivity index (χ1) is 17.2. The van der Waals surface area contributed by atoms with Crippen LogP contribution in [0.1, 0.15) is 29.7 Å². The van der Waals surface area contributed by atoms with E-state index < -0.39 is 11.9 Å². The molecule has 0 radical (unpaired) electrons. The van der Waals surface area contributed by atoms with E-state index in [2.05, 4.69) is 20.5 Å². The van der Waals surface area contributed by atoms with Crippen LogP contribution in [0.25, 0.3) is 0 Å². The van der Waals surface area contributed by atoms with Crippen molar-refractivity contribution in [2.75, 3.05) is 43.1 Å². The summed E-state index contributed by atoms with van der Waals surface area (Å²) in [5, 5.41) is 9.48. The highest BCUT2D eigenvalue weighted by Crippen LogP contribution is 2.44. The quantitative estimate of drug-likeness (QED) is 0.231. The normalized spacial score (nSPS) is 17.4. The van der Waals surface area contributed by atoms with Gasteiger partial charge in [-0.3, -0.25) is 10.4 Å². The molecule has 4 heterocycles. The van der Waals surface area contributed by atoms with Crippen LogP contribution in [-0.4, -0.2) is 52.4 Å². The Morgan fingerprint density at radius 1 is 1.17 bits per heavy atom. The molecule has 188 valence electrons. The molecule has 11 heteroatoms. The van der Waals surface area contributed by atoms with Gasteiger partial charge in [0.15, 0.2) is 11.6 Å². The van der Waals surface area contributed by atoms with Crippen LogP contribution in [0.2, 0.25) is 10.0 Å². The van der Waals surface area contributed by atoms with Crippen molar-refractivity contribution in [1.29, 1.82) is 5.41 Å². The van der Waals surface area contributed by atoms with Gasteiger partial charge in [-0.1, -0.05) is 35.1 Å². The van der Waals surface area contributed by atoms with Crippen LogP contribution in [-0.2, 0) is 0 Å². The van der Waals surface area contributed by atoms with Crippen molar-refractivity contribution in [3.63, 3.8) is 0 Å². The number of hydrogen-bond donors (Lipinski definition) is 2.